The normalized spacial score (nSPS) is 16.6. The lowest BCUT2D eigenvalue weighted by Crippen LogP contribution is -2.45. The van der Waals surface area contributed by atoms with E-state index in [1.54, 1.807) is 12.4 Å². The molecule has 4 nitrogen and oxygen atoms in total. The van der Waals surface area contributed by atoms with E-state index in [2.05, 4.69) is 16.4 Å². The average molecular weight is 229 g/mol. The Hall–Kier alpha value is -1.89. The van der Waals surface area contributed by atoms with Crippen molar-refractivity contribution < 1.29 is 4.79 Å². The fourth-order valence-corrected chi connectivity index (χ4v) is 1.96. The highest BCUT2D eigenvalue weighted by atomic mass is 16.2. The average Bonchev–Trinajstić information content (AvgIpc) is 2.30. The molecule has 4 heteroatoms. The van der Waals surface area contributed by atoms with Gasteiger partial charge in [0, 0.05) is 18.9 Å². The number of hydrogen-bond acceptors (Lipinski definition) is 3. The number of carbonyl (C=O) groups excluding carboxylic acids is 1. The van der Waals surface area contributed by atoms with Crippen LogP contribution < -0.4 is 5.32 Å². The van der Waals surface area contributed by atoms with E-state index in [-0.39, 0.29) is 5.91 Å². The van der Waals surface area contributed by atoms with Gasteiger partial charge in [0.2, 0.25) is 5.91 Å². The van der Waals surface area contributed by atoms with Crippen molar-refractivity contribution in [3.05, 3.63) is 30.1 Å². The summed E-state index contributed by atoms with van der Waals surface area (Å²) < 4.78 is 0. The highest BCUT2D eigenvalue weighted by molar-refractivity contribution is 5.86. The summed E-state index contributed by atoms with van der Waals surface area (Å²) in [6.45, 7) is 0.576. The van der Waals surface area contributed by atoms with Crippen LogP contribution in [0.15, 0.2) is 24.5 Å². The Balaban J connectivity index is 1.80. The summed E-state index contributed by atoms with van der Waals surface area (Å²) in [4.78, 5) is 15.8. The molecule has 17 heavy (non-hydrogen) atoms. The molecule has 0 bridgehead atoms. The van der Waals surface area contributed by atoms with Crippen molar-refractivity contribution in [1.29, 1.82) is 5.26 Å². The molecule has 0 aromatic carbocycles. The molecule has 0 saturated heterocycles. The van der Waals surface area contributed by atoms with Crippen LogP contribution in [-0.4, -0.2) is 17.4 Å². The van der Waals surface area contributed by atoms with Crippen molar-refractivity contribution in [2.24, 2.45) is 5.41 Å². The van der Waals surface area contributed by atoms with Crippen LogP contribution in [0, 0.1) is 16.7 Å². The van der Waals surface area contributed by atoms with Crippen molar-refractivity contribution >= 4 is 5.91 Å². The maximum Gasteiger partial charge on any atom is 0.240 e. The number of carbonyl (C=O) groups is 1. The summed E-state index contributed by atoms with van der Waals surface area (Å²) >= 11 is 0. The lowest BCUT2D eigenvalue weighted by Gasteiger charge is -2.33. The second-order valence-electron chi connectivity index (χ2n) is 4.41. The van der Waals surface area contributed by atoms with Crippen molar-refractivity contribution in [3.8, 4) is 6.07 Å². The van der Waals surface area contributed by atoms with Gasteiger partial charge in [0.25, 0.3) is 0 Å². The van der Waals surface area contributed by atoms with Crippen LogP contribution >= 0.6 is 0 Å². The minimum atomic E-state index is -0.738. The fourth-order valence-electron chi connectivity index (χ4n) is 1.96. The first-order valence-electron chi connectivity index (χ1n) is 5.85. The van der Waals surface area contributed by atoms with Gasteiger partial charge in [-0.1, -0.05) is 0 Å². The maximum absolute atomic E-state index is 11.8. The molecule has 0 unspecified atom stereocenters. The van der Waals surface area contributed by atoms with Gasteiger partial charge < -0.3 is 5.32 Å². The van der Waals surface area contributed by atoms with Gasteiger partial charge in [0.05, 0.1) is 6.07 Å². The van der Waals surface area contributed by atoms with E-state index in [0.717, 1.165) is 18.4 Å². The molecule has 1 amide bonds. The van der Waals surface area contributed by atoms with E-state index in [1.807, 2.05) is 12.1 Å². The predicted molar refractivity (Wildman–Crippen MR) is 62.8 cm³/mol. The molecular formula is C13H15N3O. The zero-order valence-electron chi connectivity index (χ0n) is 9.65. The summed E-state index contributed by atoms with van der Waals surface area (Å²) in [7, 11) is 0. The number of nitriles is 1. The second kappa shape index (κ2) is 4.96. The largest absolute Gasteiger partial charge is 0.354 e. The van der Waals surface area contributed by atoms with Crippen LogP contribution in [0.25, 0.3) is 0 Å². The summed E-state index contributed by atoms with van der Waals surface area (Å²) in [5, 5.41) is 11.8. The van der Waals surface area contributed by atoms with Gasteiger partial charge in [-0.2, -0.15) is 5.26 Å². The number of hydrogen-bond donors (Lipinski definition) is 1. The lowest BCUT2D eigenvalue weighted by molar-refractivity contribution is -0.131. The number of rotatable bonds is 4. The lowest BCUT2D eigenvalue weighted by atomic mass is 9.69. The molecule has 0 aliphatic heterocycles. The van der Waals surface area contributed by atoms with Crippen LogP contribution in [0.1, 0.15) is 24.8 Å². The first-order chi connectivity index (χ1) is 8.27. The molecule has 1 saturated carbocycles. The third kappa shape index (κ3) is 2.44. The zero-order chi connectivity index (χ0) is 12.1. The Labute approximate surface area is 101 Å². The monoisotopic (exact) mass is 229 g/mol. The van der Waals surface area contributed by atoms with Gasteiger partial charge in [-0.15, -0.1) is 0 Å². The van der Waals surface area contributed by atoms with Crippen LogP contribution in [0.2, 0.25) is 0 Å². The quantitative estimate of drug-likeness (QED) is 0.849. The Bertz CT molecular complexity index is 432. The highest BCUT2D eigenvalue weighted by Gasteiger charge is 2.44. The third-order valence-electron chi connectivity index (χ3n) is 3.30. The van der Waals surface area contributed by atoms with Crippen LogP contribution in [0.5, 0.6) is 0 Å². The van der Waals surface area contributed by atoms with Gasteiger partial charge in [-0.3, -0.25) is 9.78 Å². The van der Waals surface area contributed by atoms with Crippen LogP contribution in [0.4, 0.5) is 0 Å². The maximum atomic E-state index is 11.8. The molecule has 1 fully saturated rings. The third-order valence-corrected chi connectivity index (χ3v) is 3.30. The van der Waals surface area contributed by atoms with Gasteiger partial charge in [-0.05, 0) is 43.4 Å². The fraction of sp³-hybridized carbons (Fsp3) is 0.462. The van der Waals surface area contributed by atoms with Crippen molar-refractivity contribution in [3.63, 3.8) is 0 Å². The van der Waals surface area contributed by atoms with Crippen LogP contribution in [-0.2, 0) is 11.2 Å². The molecule has 1 aromatic rings. The molecule has 88 valence electrons. The van der Waals surface area contributed by atoms with Crippen molar-refractivity contribution in [1.82, 2.24) is 10.3 Å². The molecule has 0 radical (unpaired) electrons. The molecule has 0 spiro atoms. The minimum absolute atomic E-state index is 0.111. The Kier molecular flexibility index (Phi) is 3.38. The molecule has 1 heterocycles. The number of aromatic nitrogens is 1. The molecule has 2 rings (SSSR count). The minimum Gasteiger partial charge on any atom is -0.354 e. The summed E-state index contributed by atoms with van der Waals surface area (Å²) in [6, 6.07) is 5.99. The van der Waals surface area contributed by atoms with Gasteiger partial charge in [-0.25, -0.2) is 0 Å². The zero-order valence-corrected chi connectivity index (χ0v) is 9.65. The topological polar surface area (TPSA) is 65.8 Å². The summed E-state index contributed by atoms with van der Waals surface area (Å²) in [5.74, 6) is -0.111. The van der Waals surface area contributed by atoms with E-state index in [0.29, 0.717) is 19.4 Å². The first-order valence-corrected chi connectivity index (χ1v) is 5.85. The molecule has 1 aromatic heterocycles. The predicted octanol–water partition coefficient (Wildman–Crippen LogP) is 1.43. The number of nitrogens with one attached hydrogen (secondary N) is 1. The van der Waals surface area contributed by atoms with E-state index < -0.39 is 5.41 Å². The van der Waals surface area contributed by atoms with Crippen molar-refractivity contribution in [2.45, 2.75) is 25.7 Å². The Morgan fingerprint density at radius 1 is 1.47 bits per heavy atom. The summed E-state index contributed by atoms with van der Waals surface area (Å²) in [6.07, 6.45) is 6.62. The molecule has 1 aliphatic carbocycles. The second-order valence-corrected chi connectivity index (χ2v) is 4.41. The SMILES string of the molecule is N#CC1(C(=O)NCCc2ccncc2)CCC1. The van der Waals surface area contributed by atoms with E-state index in [1.165, 1.54) is 0 Å². The van der Waals surface area contributed by atoms with Crippen LogP contribution in [0.3, 0.4) is 0 Å². The van der Waals surface area contributed by atoms with E-state index in [9.17, 15) is 4.79 Å². The standard InChI is InChI=1S/C13H15N3O/c14-10-13(5-1-6-13)12(17)16-9-4-11-2-7-15-8-3-11/h2-3,7-8H,1,4-6,9H2,(H,16,17). The molecule has 1 aliphatic rings. The van der Waals surface area contributed by atoms with E-state index >= 15 is 0 Å². The van der Waals surface area contributed by atoms with Crippen molar-refractivity contribution in [2.75, 3.05) is 6.54 Å². The number of nitrogens with zero attached hydrogens (tertiary/aromatic N) is 2. The smallest absolute Gasteiger partial charge is 0.240 e. The van der Waals surface area contributed by atoms with Gasteiger partial charge >= 0.3 is 0 Å². The highest BCUT2D eigenvalue weighted by Crippen LogP contribution is 2.40. The molecule has 0 atom stereocenters. The number of amides is 1. The molecular weight excluding hydrogens is 214 g/mol. The van der Waals surface area contributed by atoms with E-state index in [4.69, 9.17) is 5.26 Å². The number of pyridine rings is 1. The summed E-state index contributed by atoms with van der Waals surface area (Å²) in [5.41, 5.74) is 0.401. The van der Waals surface area contributed by atoms with Gasteiger partial charge in [0.15, 0.2) is 0 Å². The first kappa shape index (κ1) is 11.6. The molecule has 1 N–H and O–H groups in total. The van der Waals surface area contributed by atoms with Gasteiger partial charge in [0.1, 0.15) is 5.41 Å². The Morgan fingerprint density at radius 2 is 2.18 bits per heavy atom. The Morgan fingerprint density at radius 3 is 2.71 bits per heavy atom.